The fourth-order valence-corrected chi connectivity index (χ4v) is 2.91. The lowest BCUT2D eigenvalue weighted by molar-refractivity contribution is -0.142. The van der Waals surface area contributed by atoms with Gasteiger partial charge in [0.25, 0.3) is 0 Å². The molecule has 4 nitrogen and oxygen atoms in total. The molecule has 0 bridgehead atoms. The van der Waals surface area contributed by atoms with Crippen LogP contribution in [0.3, 0.4) is 0 Å². The van der Waals surface area contributed by atoms with Crippen molar-refractivity contribution in [1.82, 2.24) is 9.97 Å². The highest BCUT2D eigenvalue weighted by molar-refractivity contribution is 5.91. The molecule has 1 aromatic carbocycles. The van der Waals surface area contributed by atoms with E-state index in [2.05, 4.69) is 9.97 Å². The maximum Gasteiger partial charge on any atom is 0.433 e. The van der Waals surface area contributed by atoms with Crippen molar-refractivity contribution in [2.75, 3.05) is 0 Å². The zero-order chi connectivity index (χ0) is 26.7. The number of rotatable bonds is 4. The summed E-state index contributed by atoms with van der Waals surface area (Å²) in [7, 11) is 0. The van der Waals surface area contributed by atoms with Gasteiger partial charge in [0.2, 0.25) is 0 Å². The molecule has 2 heterocycles. The zero-order valence-electron chi connectivity index (χ0n) is 17.6. The minimum atomic E-state index is -4.70. The highest BCUT2D eigenvalue weighted by Gasteiger charge is 2.33. The molecular formula is C24H10F8N4. The molecule has 3 rings (SSSR count). The number of benzene rings is 1. The summed E-state index contributed by atoms with van der Waals surface area (Å²) in [5, 5.41) is 18.7. The first-order valence-corrected chi connectivity index (χ1v) is 9.63. The number of halogens is 8. The Morgan fingerprint density at radius 3 is 1.28 bits per heavy atom. The standard InChI is InChI=1S/C24H10F8N4/c25-19-8-16(6-18(10-34)14-2-4-22(36-12-14)24(30,31)32)20(26)7-15(19)5-17(9-33)13-1-3-21(35-11-13)23(27,28)29/h1-8,11-12H/b17-5+,18-6+. The van der Waals surface area contributed by atoms with Gasteiger partial charge < -0.3 is 0 Å². The second-order valence-corrected chi connectivity index (χ2v) is 7.09. The molecule has 0 saturated carbocycles. The third-order valence-electron chi connectivity index (χ3n) is 4.69. The van der Waals surface area contributed by atoms with Crippen molar-refractivity contribution >= 4 is 23.3 Å². The molecule has 0 aliphatic rings. The third kappa shape index (κ3) is 5.91. The summed E-state index contributed by atoms with van der Waals surface area (Å²) in [5.74, 6) is -2.09. The van der Waals surface area contributed by atoms with Crippen LogP contribution in [0.5, 0.6) is 0 Å². The normalized spacial score (nSPS) is 12.7. The number of hydrogen-bond donors (Lipinski definition) is 0. The summed E-state index contributed by atoms with van der Waals surface area (Å²) < 4.78 is 105. The molecule has 0 saturated heterocycles. The van der Waals surface area contributed by atoms with Crippen LogP contribution in [0.25, 0.3) is 23.3 Å². The molecule has 182 valence electrons. The van der Waals surface area contributed by atoms with Crippen LogP contribution in [0.4, 0.5) is 35.1 Å². The van der Waals surface area contributed by atoms with Crippen LogP contribution in [-0.2, 0) is 12.4 Å². The number of hydrogen-bond acceptors (Lipinski definition) is 4. The summed E-state index contributed by atoms with van der Waals surface area (Å²) in [5.41, 5.74) is -3.99. The van der Waals surface area contributed by atoms with E-state index >= 15 is 0 Å². The van der Waals surface area contributed by atoms with Crippen molar-refractivity contribution in [3.8, 4) is 12.1 Å². The molecule has 0 atom stereocenters. The first-order valence-electron chi connectivity index (χ1n) is 9.63. The lowest BCUT2D eigenvalue weighted by atomic mass is 10.0. The third-order valence-corrected chi connectivity index (χ3v) is 4.69. The number of aromatic nitrogens is 2. The Morgan fingerprint density at radius 1 is 0.667 bits per heavy atom. The Balaban J connectivity index is 1.96. The fraction of sp³-hybridized carbons (Fsp3) is 0.0833. The number of nitrogens with zero attached hydrogens (tertiary/aromatic N) is 4. The van der Waals surface area contributed by atoms with E-state index in [-0.39, 0.29) is 22.3 Å². The van der Waals surface area contributed by atoms with E-state index in [0.29, 0.717) is 24.3 Å². The molecule has 0 aliphatic carbocycles. The average Bonchev–Trinajstić information content (AvgIpc) is 2.82. The van der Waals surface area contributed by atoms with Crippen LogP contribution in [-0.4, -0.2) is 9.97 Å². The van der Waals surface area contributed by atoms with E-state index in [4.69, 9.17) is 0 Å². The van der Waals surface area contributed by atoms with E-state index < -0.39 is 46.5 Å². The van der Waals surface area contributed by atoms with Crippen molar-refractivity contribution in [3.63, 3.8) is 0 Å². The van der Waals surface area contributed by atoms with Gasteiger partial charge in [-0.3, -0.25) is 9.97 Å². The first-order chi connectivity index (χ1) is 16.8. The van der Waals surface area contributed by atoms with Gasteiger partial charge in [-0.15, -0.1) is 0 Å². The smallest absolute Gasteiger partial charge is 0.251 e. The number of allylic oxidation sites excluding steroid dienone is 2. The summed E-state index contributed by atoms with van der Waals surface area (Å²) in [6.45, 7) is 0. The topological polar surface area (TPSA) is 73.4 Å². The molecule has 0 fully saturated rings. The Morgan fingerprint density at radius 2 is 1.03 bits per heavy atom. The summed E-state index contributed by atoms with van der Waals surface area (Å²) >= 11 is 0. The van der Waals surface area contributed by atoms with Crippen LogP contribution >= 0.6 is 0 Å². The molecule has 0 amide bonds. The highest BCUT2D eigenvalue weighted by atomic mass is 19.4. The predicted molar refractivity (Wildman–Crippen MR) is 112 cm³/mol. The highest BCUT2D eigenvalue weighted by Crippen LogP contribution is 2.30. The van der Waals surface area contributed by atoms with Crippen LogP contribution < -0.4 is 0 Å². The van der Waals surface area contributed by atoms with E-state index in [1.807, 2.05) is 0 Å². The van der Waals surface area contributed by atoms with Gasteiger partial charge in [0.15, 0.2) is 0 Å². The number of pyridine rings is 2. The number of alkyl halides is 6. The van der Waals surface area contributed by atoms with Gasteiger partial charge in [0, 0.05) is 34.6 Å². The maximum atomic E-state index is 14.7. The van der Waals surface area contributed by atoms with E-state index in [0.717, 1.165) is 36.7 Å². The molecule has 36 heavy (non-hydrogen) atoms. The predicted octanol–water partition coefficient (Wildman–Crippen LogP) is 6.92. The second-order valence-electron chi connectivity index (χ2n) is 7.09. The van der Waals surface area contributed by atoms with E-state index in [9.17, 15) is 45.6 Å². The summed E-state index contributed by atoms with van der Waals surface area (Å²) in [6, 6.07) is 7.89. The van der Waals surface area contributed by atoms with Crippen LogP contribution in [0.15, 0.2) is 48.8 Å². The Kier molecular flexibility index (Phi) is 7.20. The fourth-order valence-electron chi connectivity index (χ4n) is 2.91. The Labute approximate surface area is 198 Å². The van der Waals surface area contributed by atoms with Crippen molar-refractivity contribution in [2.24, 2.45) is 0 Å². The van der Waals surface area contributed by atoms with Crippen LogP contribution in [0.2, 0.25) is 0 Å². The van der Waals surface area contributed by atoms with Gasteiger partial charge in [-0.2, -0.15) is 36.9 Å². The molecule has 3 aromatic rings. The van der Waals surface area contributed by atoms with Crippen LogP contribution in [0, 0.1) is 34.3 Å². The van der Waals surface area contributed by atoms with Crippen molar-refractivity contribution < 1.29 is 35.1 Å². The van der Waals surface area contributed by atoms with Gasteiger partial charge in [-0.25, -0.2) is 8.78 Å². The lowest BCUT2D eigenvalue weighted by Gasteiger charge is -2.08. The molecule has 2 aromatic heterocycles. The Hall–Kier alpha value is -4.58. The largest absolute Gasteiger partial charge is 0.433 e. The zero-order valence-corrected chi connectivity index (χ0v) is 17.6. The molecule has 12 heteroatoms. The maximum absolute atomic E-state index is 14.7. The Bertz CT molecular complexity index is 1310. The summed E-state index contributed by atoms with van der Waals surface area (Å²) in [6.07, 6.45) is -6.07. The second kappa shape index (κ2) is 9.96. The van der Waals surface area contributed by atoms with Gasteiger partial charge in [-0.1, -0.05) is 0 Å². The van der Waals surface area contributed by atoms with Gasteiger partial charge in [0.1, 0.15) is 23.0 Å². The van der Waals surface area contributed by atoms with E-state index in [1.165, 1.54) is 0 Å². The van der Waals surface area contributed by atoms with Crippen LogP contribution in [0.1, 0.15) is 33.6 Å². The molecule has 0 N–H and O–H groups in total. The van der Waals surface area contributed by atoms with Gasteiger partial charge in [0.05, 0.1) is 23.3 Å². The lowest BCUT2D eigenvalue weighted by Crippen LogP contribution is -2.07. The van der Waals surface area contributed by atoms with Crippen molar-refractivity contribution in [1.29, 1.82) is 10.5 Å². The number of nitriles is 2. The van der Waals surface area contributed by atoms with Gasteiger partial charge >= 0.3 is 12.4 Å². The van der Waals surface area contributed by atoms with Crippen molar-refractivity contribution in [2.45, 2.75) is 12.4 Å². The van der Waals surface area contributed by atoms with E-state index in [1.54, 1.807) is 12.1 Å². The molecule has 0 radical (unpaired) electrons. The summed E-state index contributed by atoms with van der Waals surface area (Å²) in [4.78, 5) is 6.43. The monoisotopic (exact) mass is 506 g/mol. The van der Waals surface area contributed by atoms with Gasteiger partial charge in [-0.05, 0) is 48.6 Å². The molecule has 0 spiro atoms. The molecular weight excluding hydrogens is 496 g/mol. The minimum absolute atomic E-state index is 0.0733. The molecule has 0 unspecified atom stereocenters. The first kappa shape index (κ1) is 26.0. The quantitative estimate of drug-likeness (QED) is 0.284. The minimum Gasteiger partial charge on any atom is -0.251 e. The SMILES string of the molecule is N#C/C(=C\c1cc(F)c(/C=C(\C#N)c2ccc(C(F)(F)F)nc2)cc1F)c1ccc(C(F)(F)F)nc1. The van der Waals surface area contributed by atoms with Crippen molar-refractivity contribution in [3.05, 3.63) is 94.1 Å². The average molecular weight is 506 g/mol. The molecule has 0 aliphatic heterocycles.